The Morgan fingerprint density at radius 2 is 1.58 bits per heavy atom. The molecule has 0 saturated carbocycles. The number of aliphatic hydroxyl groups excluding tert-OH is 1. The smallest absolute Gasteiger partial charge is 0.118 e. The van der Waals surface area contributed by atoms with Crippen LogP contribution in [0.1, 0.15) is 62.9 Å². The Labute approximate surface area is 188 Å². The zero-order valence-electron chi connectivity index (χ0n) is 19.6. The normalized spacial score (nSPS) is 13.8. The molecule has 2 aromatic carbocycles. The van der Waals surface area contributed by atoms with Crippen molar-refractivity contribution >= 4 is 0 Å². The van der Waals surface area contributed by atoms with E-state index in [1.165, 1.54) is 27.3 Å². The van der Waals surface area contributed by atoms with Crippen molar-refractivity contribution in [2.75, 3.05) is 6.54 Å². The standard InChI is InChI=1S/C28H38N2O/c1-5-10-27(31)22-29(19-23-11-7-6-8-12-23)21-26-13-9-18-30(26)20-24-14-16-25(17-15-24)28(2,3)4/h6-9,11-18,27,31H,5,10,19-22H2,1-4H3/p+1/t27-/m0/s1. The van der Waals surface area contributed by atoms with Crippen LogP contribution in [-0.4, -0.2) is 22.3 Å². The Bertz CT molecular complexity index is 906. The van der Waals surface area contributed by atoms with Crippen molar-refractivity contribution in [1.29, 1.82) is 0 Å². The third-order valence-corrected chi connectivity index (χ3v) is 5.97. The molecule has 3 nitrogen and oxygen atoms in total. The van der Waals surface area contributed by atoms with Crippen LogP contribution >= 0.6 is 0 Å². The van der Waals surface area contributed by atoms with Gasteiger partial charge in [0.05, 0.1) is 5.69 Å². The van der Waals surface area contributed by atoms with E-state index in [2.05, 4.69) is 105 Å². The summed E-state index contributed by atoms with van der Waals surface area (Å²) < 4.78 is 2.35. The van der Waals surface area contributed by atoms with Gasteiger partial charge < -0.3 is 14.6 Å². The van der Waals surface area contributed by atoms with Crippen molar-refractivity contribution in [3.63, 3.8) is 0 Å². The molecule has 1 unspecified atom stereocenters. The van der Waals surface area contributed by atoms with Gasteiger partial charge in [0.2, 0.25) is 0 Å². The fourth-order valence-electron chi connectivity index (χ4n) is 4.19. The van der Waals surface area contributed by atoms with Gasteiger partial charge in [-0.05, 0) is 35.1 Å². The zero-order valence-corrected chi connectivity index (χ0v) is 19.6. The van der Waals surface area contributed by atoms with Gasteiger partial charge in [0.25, 0.3) is 0 Å². The summed E-state index contributed by atoms with van der Waals surface area (Å²) in [4.78, 5) is 1.40. The second kappa shape index (κ2) is 10.8. The Hall–Kier alpha value is -2.36. The molecule has 1 aromatic heterocycles. The number of benzene rings is 2. The van der Waals surface area contributed by atoms with E-state index in [4.69, 9.17) is 0 Å². The first kappa shape index (κ1) is 23.3. The molecule has 2 atom stereocenters. The topological polar surface area (TPSA) is 29.6 Å². The molecule has 0 aliphatic heterocycles. The van der Waals surface area contributed by atoms with E-state index < -0.39 is 0 Å². The summed E-state index contributed by atoms with van der Waals surface area (Å²) in [6, 6.07) is 24.0. The molecular weight excluding hydrogens is 380 g/mol. The van der Waals surface area contributed by atoms with Gasteiger partial charge in [-0.1, -0.05) is 88.7 Å². The van der Waals surface area contributed by atoms with Crippen LogP contribution in [0.3, 0.4) is 0 Å². The minimum absolute atomic E-state index is 0.178. The number of hydrogen-bond donors (Lipinski definition) is 2. The Balaban J connectivity index is 1.72. The van der Waals surface area contributed by atoms with Gasteiger partial charge >= 0.3 is 0 Å². The van der Waals surface area contributed by atoms with E-state index in [1.54, 1.807) is 0 Å². The number of aliphatic hydroxyl groups is 1. The van der Waals surface area contributed by atoms with E-state index in [1.807, 2.05) is 0 Å². The quantitative estimate of drug-likeness (QED) is 0.495. The van der Waals surface area contributed by atoms with E-state index in [9.17, 15) is 5.11 Å². The van der Waals surface area contributed by atoms with Crippen molar-refractivity contribution in [2.45, 2.75) is 71.7 Å². The maximum atomic E-state index is 10.5. The highest BCUT2D eigenvalue weighted by molar-refractivity contribution is 5.28. The molecule has 0 bridgehead atoms. The Morgan fingerprint density at radius 1 is 0.871 bits per heavy atom. The maximum Gasteiger partial charge on any atom is 0.118 e. The van der Waals surface area contributed by atoms with Crippen molar-refractivity contribution in [3.8, 4) is 0 Å². The third-order valence-electron chi connectivity index (χ3n) is 5.97. The fourth-order valence-corrected chi connectivity index (χ4v) is 4.19. The van der Waals surface area contributed by atoms with Gasteiger partial charge in [-0.15, -0.1) is 0 Å². The van der Waals surface area contributed by atoms with E-state index in [0.717, 1.165) is 39.0 Å². The highest BCUT2D eigenvalue weighted by Crippen LogP contribution is 2.22. The van der Waals surface area contributed by atoms with Gasteiger partial charge in [-0.3, -0.25) is 0 Å². The lowest BCUT2D eigenvalue weighted by Gasteiger charge is -2.23. The van der Waals surface area contributed by atoms with Gasteiger partial charge in [-0.2, -0.15) is 0 Å². The van der Waals surface area contributed by atoms with Crippen molar-refractivity contribution in [3.05, 3.63) is 95.3 Å². The Morgan fingerprint density at radius 3 is 2.23 bits per heavy atom. The maximum absolute atomic E-state index is 10.5. The number of quaternary nitrogens is 1. The first-order valence-corrected chi connectivity index (χ1v) is 11.6. The summed E-state index contributed by atoms with van der Waals surface area (Å²) in [6.07, 6.45) is 3.80. The largest absolute Gasteiger partial charge is 0.387 e. The molecule has 0 fully saturated rings. The lowest BCUT2D eigenvalue weighted by atomic mass is 9.87. The average molecular weight is 420 g/mol. The van der Waals surface area contributed by atoms with Gasteiger partial charge in [0.1, 0.15) is 25.7 Å². The molecule has 2 N–H and O–H groups in total. The summed E-state index contributed by atoms with van der Waals surface area (Å²) in [5.74, 6) is 0. The minimum atomic E-state index is -0.253. The van der Waals surface area contributed by atoms with Crippen LogP contribution in [0.25, 0.3) is 0 Å². The molecule has 0 aliphatic carbocycles. The number of hydrogen-bond acceptors (Lipinski definition) is 1. The number of rotatable bonds is 10. The van der Waals surface area contributed by atoms with Crippen LogP contribution in [0, 0.1) is 0 Å². The Kier molecular flexibility index (Phi) is 8.11. The van der Waals surface area contributed by atoms with Crippen LogP contribution in [0.5, 0.6) is 0 Å². The van der Waals surface area contributed by atoms with Crippen molar-refractivity contribution in [1.82, 2.24) is 4.57 Å². The van der Waals surface area contributed by atoms with Crippen LogP contribution in [-0.2, 0) is 25.0 Å². The summed E-state index contributed by atoms with van der Waals surface area (Å²) in [5, 5.41) is 10.5. The second-order valence-corrected chi connectivity index (χ2v) is 9.81. The van der Waals surface area contributed by atoms with Crippen LogP contribution < -0.4 is 4.90 Å². The second-order valence-electron chi connectivity index (χ2n) is 9.81. The van der Waals surface area contributed by atoms with Gasteiger partial charge in [0, 0.05) is 18.3 Å². The SMILES string of the molecule is CCC[C@H](O)C[NH+](Cc1ccccc1)Cc1cccn1Cc1ccc(C(C)(C)C)cc1. The molecule has 1 heterocycles. The predicted molar refractivity (Wildman–Crippen MR) is 129 cm³/mol. The molecule has 0 saturated heterocycles. The molecule has 3 rings (SSSR count). The molecule has 0 aliphatic rings. The summed E-state index contributed by atoms with van der Waals surface area (Å²) in [5.41, 5.74) is 5.50. The van der Waals surface area contributed by atoms with E-state index in [0.29, 0.717) is 0 Å². The third kappa shape index (κ3) is 7.09. The highest BCUT2D eigenvalue weighted by Gasteiger charge is 2.18. The van der Waals surface area contributed by atoms with Crippen LogP contribution in [0.2, 0.25) is 0 Å². The lowest BCUT2D eigenvalue weighted by Crippen LogP contribution is -3.10. The molecule has 3 aromatic rings. The fraction of sp³-hybridized carbons (Fsp3) is 0.429. The molecule has 0 spiro atoms. The molecule has 3 heteroatoms. The molecular formula is C28H39N2O+. The number of aromatic nitrogens is 1. The van der Waals surface area contributed by atoms with Crippen molar-refractivity contribution < 1.29 is 10.0 Å². The molecule has 31 heavy (non-hydrogen) atoms. The first-order chi connectivity index (χ1) is 14.8. The monoisotopic (exact) mass is 419 g/mol. The average Bonchev–Trinajstić information content (AvgIpc) is 3.15. The van der Waals surface area contributed by atoms with Gasteiger partial charge in [-0.25, -0.2) is 0 Å². The summed E-state index contributed by atoms with van der Waals surface area (Å²) in [6.45, 7) is 12.4. The van der Waals surface area contributed by atoms with Crippen LogP contribution in [0.15, 0.2) is 72.9 Å². The lowest BCUT2D eigenvalue weighted by molar-refractivity contribution is -0.931. The van der Waals surface area contributed by atoms with E-state index in [-0.39, 0.29) is 11.5 Å². The van der Waals surface area contributed by atoms with Crippen molar-refractivity contribution in [2.24, 2.45) is 0 Å². The molecule has 166 valence electrons. The van der Waals surface area contributed by atoms with Gasteiger partial charge in [0.15, 0.2) is 0 Å². The minimum Gasteiger partial charge on any atom is -0.387 e. The van der Waals surface area contributed by atoms with E-state index >= 15 is 0 Å². The molecule has 0 radical (unpaired) electrons. The summed E-state index contributed by atoms with van der Waals surface area (Å²) in [7, 11) is 0. The molecule has 0 amide bonds. The summed E-state index contributed by atoms with van der Waals surface area (Å²) >= 11 is 0. The van der Waals surface area contributed by atoms with Crippen LogP contribution in [0.4, 0.5) is 0 Å². The zero-order chi connectivity index (χ0) is 22.3. The number of nitrogens with one attached hydrogen (secondary N) is 1. The first-order valence-electron chi connectivity index (χ1n) is 11.6. The number of nitrogens with zero attached hydrogens (tertiary/aromatic N) is 1. The predicted octanol–water partition coefficient (Wildman–Crippen LogP) is 4.58. The highest BCUT2D eigenvalue weighted by atomic mass is 16.3.